The molecule has 0 radical (unpaired) electrons. The molecule has 4 rings (SSSR count). The van der Waals surface area contributed by atoms with Crippen LogP contribution in [0, 0.1) is 0 Å². The number of carbonyl (C=O) groups is 1. The van der Waals surface area contributed by atoms with Gasteiger partial charge in [0.1, 0.15) is 6.61 Å². The van der Waals surface area contributed by atoms with E-state index < -0.39 is 0 Å². The van der Waals surface area contributed by atoms with Gasteiger partial charge in [-0.15, -0.1) is 0 Å². The van der Waals surface area contributed by atoms with E-state index in [0.717, 1.165) is 18.4 Å². The van der Waals surface area contributed by atoms with E-state index in [1.54, 1.807) is 0 Å². The maximum absolute atomic E-state index is 12.8. The topological polar surface area (TPSA) is 38.8 Å². The molecule has 0 saturated carbocycles. The molecule has 29 heavy (non-hydrogen) atoms. The summed E-state index contributed by atoms with van der Waals surface area (Å²) in [6, 6.07) is 18.7. The number of morpholine rings is 1. The first-order chi connectivity index (χ1) is 14.1. The fourth-order valence-electron chi connectivity index (χ4n) is 4.18. The first-order valence-electron chi connectivity index (χ1n) is 10.5. The van der Waals surface area contributed by atoms with E-state index in [4.69, 9.17) is 9.47 Å². The quantitative estimate of drug-likeness (QED) is 0.667. The zero-order valence-electron chi connectivity index (χ0n) is 17.2. The van der Waals surface area contributed by atoms with Gasteiger partial charge in [0.15, 0.2) is 0 Å². The van der Waals surface area contributed by atoms with E-state index in [1.807, 2.05) is 35.2 Å². The van der Waals surface area contributed by atoms with E-state index in [0.29, 0.717) is 25.7 Å². The Balaban J connectivity index is 1.42. The van der Waals surface area contributed by atoms with Crippen LogP contribution >= 0.6 is 0 Å². The molecule has 2 atom stereocenters. The van der Waals surface area contributed by atoms with Crippen LogP contribution in [0.15, 0.2) is 66.2 Å². The Labute approximate surface area is 173 Å². The lowest BCUT2D eigenvalue weighted by Crippen LogP contribution is -2.56. The lowest BCUT2D eigenvalue weighted by atomic mass is 9.90. The zero-order chi connectivity index (χ0) is 20.2. The molecule has 2 aromatic rings. The number of fused-ring (bicyclic) bond motifs is 2. The van der Waals surface area contributed by atoms with E-state index in [-0.39, 0.29) is 18.2 Å². The smallest absolute Gasteiger partial charge is 0.411 e. The van der Waals surface area contributed by atoms with Gasteiger partial charge in [0, 0.05) is 0 Å². The van der Waals surface area contributed by atoms with Crippen LogP contribution in [0.1, 0.15) is 42.9 Å². The summed E-state index contributed by atoms with van der Waals surface area (Å²) in [4.78, 5) is 14.6. The standard InChI is InChI=1S/C25H29NO3/c1-18(2)22-10-8-19(9-11-22)12-21-13-23-16-28-17-24(14-21)26(23)25(27)29-15-20-6-4-3-5-7-20/h3-11,13,18,23-24H,12,14-17H2,1-2H3. The first-order valence-corrected chi connectivity index (χ1v) is 10.5. The second-order valence-corrected chi connectivity index (χ2v) is 8.31. The lowest BCUT2D eigenvalue weighted by Gasteiger charge is -2.43. The van der Waals surface area contributed by atoms with Gasteiger partial charge in [-0.05, 0) is 35.4 Å². The van der Waals surface area contributed by atoms with Crippen molar-refractivity contribution in [3.05, 3.63) is 82.9 Å². The number of hydrogen-bond donors (Lipinski definition) is 0. The summed E-state index contributed by atoms with van der Waals surface area (Å²) in [6.45, 7) is 5.83. The van der Waals surface area contributed by atoms with E-state index >= 15 is 0 Å². The highest BCUT2D eigenvalue weighted by atomic mass is 16.6. The number of nitrogens with zero attached hydrogens (tertiary/aromatic N) is 1. The largest absolute Gasteiger partial charge is 0.445 e. The van der Waals surface area contributed by atoms with Crippen LogP contribution in [0.25, 0.3) is 0 Å². The third kappa shape index (κ3) is 4.70. The molecule has 4 heteroatoms. The minimum Gasteiger partial charge on any atom is -0.445 e. The maximum Gasteiger partial charge on any atom is 0.411 e. The summed E-state index contributed by atoms with van der Waals surface area (Å²) in [6.07, 6.45) is 3.72. The molecule has 4 nitrogen and oxygen atoms in total. The second-order valence-electron chi connectivity index (χ2n) is 8.31. The van der Waals surface area contributed by atoms with Gasteiger partial charge in [-0.1, -0.05) is 80.1 Å². The molecular formula is C25H29NO3. The number of ether oxygens (including phenoxy) is 2. The van der Waals surface area contributed by atoms with Gasteiger partial charge in [-0.25, -0.2) is 4.79 Å². The van der Waals surface area contributed by atoms with E-state index in [2.05, 4.69) is 44.2 Å². The maximum atomic E-state index is 12.8. The average molecular weight is 392 g/mol. The van der Waals surface area contributed by atoms with Crippen molar-refractivity contribution in [1.82, 2.24) is 4.90 Å². The normalized spacial score (nSPS) is 21.1. The van der Waals surface area contributed by atoms with Gasteiger partial charge in [-0.3, -0.25) is 4.90 Å². The molecule has 2 aromatic carbocycles. The number of hydrogen-bond acceptors (Lipinski definition) is 3. The summed E-state index contributed by atoms with van der Waals surface area (Å²) >= 11 is 0. The summed E-state index contributed by atoms with van der Waals surface area (Å²) in [7, 11) is 0. The molecule has 0 N–H and O–H groups in total. The Bertz CT molecular complexity index is 857. The molecule has 1 saturated heterocycles. The molecule has 0 aromatic heterocycles. The van der Waals surface area contributed by atoms with Gasteiger partial charge in [0.2, 0.25) is 0 Å². The minimum absolute atomic E-state index is 0.0456. The molecule has 1 fully saturated rings. The highest BCUT2D eigenvalue weighted by Crippen LogP contribution is 2.30. The number of amides is 1. The Morgan fingerprint density at radius 1 is 1.07 bits per heavy atom. The van der Waals surface area contributed by atoms with Crippen molar-refractivity contribution >= 4 is 6.09 Å². The van der Waals surface area contributed by atoms with Crippen molar-refractivity contribution in [2.24, 2.45) is 0 Å². The number of benzene rings is 2. The van der Waals surface area contributed by atoms with Crippen LogP contribution in [-0.2, 0) is 22.5 Å². The van der Waals surface area contributed by atoms with E-state index in [9.17, 15) is 4.79 Å². The number of carbonyl (C=O) groups excluding carboxylic acids is 1. The lowest BCUT2D eigenvalue weighted by molar-refractivity contribution is -0.0374. The summed E-state index contributed by atoms with van der Waals surface area (Å²) in [5.41, 5.74) is 5.07. The predicted molar refractivity (Wildman–Crippen MR) is 114 cm³/mol. The molecule has 2 aliphatic rings. The van der Waals surface area contributed by atoms with Crippen LogP contribution in [0.4, 0.5) is 4.79 Å². The Hall–Kier alpha value is -2.59. The molecule has 1 amide bonds. The third-order valence-electron chi connectivity index (χ3n) is 5.77. The molecule has 152 valence electrons. The van der Waals surface area contributed by atoms with Gasteiger partial charge < -0.3 is 9.47 Å². The predicted octanol–water partition coefficient (Wildman–Crippen LogP) is 5.09. The Kier molecular flexibility index (Phi) is 6.00. The van der Waals surface area contributed by atoms with Gasteiger partial charge in [-0.2, -0.15) is 0 Å². The second kappa shape index (κ2) is 8.83. The van der Waals surface area contributed by atoms with Crippen LogP contribution in [0.5, 0.6) is 0 Å². The van der Waals surface area contributed by atoms with Crippen LogP contribution in [-0.4, -0.2) is 36.3 Å². The number of rotatable bonds is 5. The van der Waals surface area contributed by atoms with Gasteiger partial charge >= 0.3 is 6.09 Å². The van der Waals surface area contributed by atoms with Crippen molar-refractivity contribution < 1.29 is 14.3 Å². The minimum atomic E-state index is -0.247. The molecule has 2 unspecified atom stereocenters. The molecular weight excluding hydrogens is 362 g/mol. The van der Waals surface area contributed by atoms with Crippen molar-refractivity contribution in [3.63, 3.8) is 0 Å². The van der Waals surface area contributed by atoms with Crippen molar-refractivity contribution in [3.8, 4) is 0 Å². The molecule has 2 bridgehead atoms. The fourth-order valence-corrected chi connectivity index (χ4v) is 4.18. The molecule has 2 heterocycles. The monoisotopic (exact) mass is 391 g/mol. The average Bonchev–Trinajstić information content (AvgIpc) is 2.72. The molecule has 0 aliphatic carbocycles. The van der Waals surface area contributed by atoms with Crippen molar-refractivity contribution in [2.45, 2.75) is 51.3 Å². The Morgan fingerprint density at radius 2 is 1.83 bits per heavy atom. The first kappa shape index (κ1) is 19.7. The van der Waals surface area contributed by atoms with Crippen LogP contribution in [0.3, 0.4) is 0 Å². The highest BCUT2D eigenvalue weighted by molar-refractivity contribution is 5.69. The van der Waals surface area contributed by atoms with E-state index in [1.165, 1.54) is 16.7 Å². The van der Waals surface area contributed by atoms with Crippen LogP contribution < -0.4 is 0 Å². The zero-order valence-corrected chi connectivity index (χ0v) is 17.2. The SMILES string of the molecule is CC(C)c1ccc(CC2=CC3COCC(C2)N3C(=O)OCc2ccccc2)cc1. The van der Waals surface area contributed by atoms with Gasteiger partial charge in [0.05, 0.1) is 25.3 Å². The summed E-state index contributed by atoms with van der Waals surface area (Å²) < 4.78 is 11.3. The van der Waals surface area contributed by atoms with Crippen molar-refractivity contribution in [1.29, 1.82) is 0 Å². The third-order valence-corrected chi connectivity index (χ3v) is 5.77. The Morgan fingerprint density at radius 3 is 2.52 bits per heavy atom. The van der Waals surface area contributed by atoms with Gasteiger partial charge in [0.25, 0.3) is 0 Å². The molecule has 2 aliphatic heterocycles. The summed E-state index contributed by atoms with van der Waals surface area (Å²) in [5, 5.41) is 0. The molecule has 0 spiro atoms. The van der Waals surface area contributed by atoms with Crippen molar-refractivity contribution in [2.75, 3.05) is 13.2 Å². The summed E-state index contributed by atoms with van der Waals surface area (Å²) in [5.74, 6) is 0.546. The van der Waals surface area contributed by atoms with Crippen LogP contribution in [0.2, 0.25) is 0 Å². The highest BCUT2D eigenvalue weighted by Gasteiger charge is 2.38. The fraction of sp³-hybridized carbons (Fsp3) is 0.400.